The number of fused-ring (bicyclic) bond motifs is 1. The molecule has 2 atom stereocenters. The van der Waals surface area contributed by atoms with Crippen LogP contribution in [0.1, 0.15) is 24.8 Å². The van der Waals surface area contributed by atoms with Gasteiger partial charge in [0.25, 0.3) is 0 Å². The molecule has 0 N–H and O–H groups in total. The number of hydrogen-bond donors (Lipinski definition) is 0. The van der Waals surface area contributed by atoms with E-state index < -0.39 is 20.6 Å². The zero-order chi connectivity index (χ0) is 13.7. The zero-order valence-electron chi connectivity index (χ0n) is 10.8. The van der Waals surface area contributed by atoms with Gasteiger partial charge < -0.3 is 4.74 Å². The van der Waals surface area contributed by atoms with Crippen molar-refractivity contribution in [2.24, 2.45) is 5.92 Å². The first-order valence-electron chi connectivity index (χ1n) is 6.47. The van der Waals surface area contributed by atoms with E-state index in [0.717, 1.165) is 18.4 Å². The second kappa shape index (κ2) is 4.07. The van der Waals surface area contributed by atoms with Crippen molar-refractivity contribution in [3.63, 3.8) is 0 Å². The number of ether oxygens (including phenoxy) is 1. The Morgan fingerprint density at radius 1 is 1.26 bits per heavy atom. The smallest absolute Gasteiger partial charge is 0.328 e. The number of carbonyl (C=O) groups is 1. The third-order valence-electron chi connectivity index (χ3n) is 4.33. The van der Waals surface area contributed by atoms with Gasteiger partial charge in [0.1, 0.15) is 0 Å². The summed E-state index contributed by atoms with van der Waals surface area (Å²) in [5.41, 5.74) is 0.994. The first-order valence-corrected chi connectivity index (χ1v) is 7.95. The second-order valence-electron chi connectivity index (χ2n) is 5.39. The van der Waals surface area contributed by atoms with Gasteiger partial charge in [0.05, 0.1) is 11.5 Å². The van der Waals surface area contributed by atoms with Crippen molar-refractivity contribution in [2.45, 2.75) is 35.8 Å². The first kappa shape index (κ1) is 12.7. The van der Waals surface area contributed by atoms with Crippen LogP contribution in [0.4, 0.5) is 0 Å². The van der Waals surface area contributed by atoms with Crippen LogP contribution in [-0.4, -0.2) is 25.7 Å². The highest BCUT2D eigenvalue weighted by atomic mass is 32.2. The molecule has 5 heteroatoms. The molecule has 102 valence electrons. The zero-order valence-corrected chi connectivity index (χ0v) is 11.6. The fourth-order valence-corrected chi connectivity index (χ4v) is 5.46. The average Bonchev–Trinajstić information content (AvgIpc) is 2.92. The normalized spacial score (nSPS) is 30.2. The van der Waals surface area contributed by atoms with Crippen LogP contribution in [0.15, 0.2) is 29.2 Å². The molecule has 2 fully saturated rings. The molecular weight excluding hydrogens is 264 g/mol. The van der Waals surface area contributed by atoms with Gasteiger partial charge in [-0.25, -0.2) is 8.42 Å². The topological polar surface area (TPSA) is 60.4 Å². The SMILES string of the molecule is Cc1ccc(S(=O)(=O)C23CCCC2COC3=O)cc1. The number of hydrogen-bond acceptors (Lipinski definition) is 4. The maximum absolute atomic E-state index is 12.9. The van der Waals surface area contributed by atoms with Crippen LogP contribution in [0, 0.1) is 12.8 Å². The van der Waals surface area contributed by atoms with E-state index in [0.29, 0.717) is 6.42 Å². The molecule has 0 spiro atoms. The Kier molecular flexibility index (Phi) is 2.71. The number of sulfone groups is 1. The summed E-state index contributed by atoms with van der Waals surface area (Å²) < 4.78 is 29.4. The number of benzene rings is 1. The standard InChI is InChI=1S/C14H16O4S/c1-10-4-6-12(7-5-10)19(16,17)14-8-2-3-11(14)9-18-13(14)15/h4-7,11H,2-3,8-9H2,1H3. The molecular formula is C14H16O4S. The van der Waals surface area contributed by atoms with Crippen LogP contribution in [0.2, 0.25) is 0 Å². The van der Waals surface area contributed by atoms with Crippen LogP contribution >= 0.6 is 0 Å². The number of cyclic esters (lactones) is 1. The number of aryl methyl sites for hydroxylation is 1. The van der Waals surface area contributed by atoms with Gasteiger partial charge in [-0.3, -0.25) is 4.79 Å². The monoisotopic (exact) mass is 280 g/mol. The average molecular weight is 280 g/mol. The van der Waals surface area contributed by atoms with Gasteiger partial charge in [-0.15, -0.1) is 0 Å². The lowest BCUT2D eigenvalue weighted by Gasteiger charge is -2.24. The Balaban J connectivity index is 2.14. The van der Waals surface area contributed by atoms with Crippen LogP contribution in [0.3, 0.4) is 0 Å². The maximum Gasteiger partial charge on any atom is 0.328 e. The molecule has 2 unspecified atom stereocenters. The van der Waals surface area contributed by atoms with E-state index >= 15 is 0 Å². The van der Waals surface area contributed by atoms with Crippen molar-refractivity contribution >= 4 is 15.8 Å². The van der Waals surface area contributed by atoms with E-state index in [1.807, 2.05) is 6.92 Å². The van der Waals surface area contributed by atoms with Gasteiger partial charge in [-0.05, 0) is 31.9 Å². The molecule has 4 nitrogen and oxygen atoms in total. The van der Waals surface area contributed by atoms with E-state index in [9.17, 15) is 13.2 Å². The van der Waals surface area contributed by atoms with Crippen LogP contribution < -0.4 is 0 Å². The summed E-state index contributed by atoms with van der Waals surface area (Å²) in [5.74, 6) is -0.748. The molecule has 1 aliphatic heterocycles. The van der Waals surface area contributed by atoms with Crippen molar-refractivity contribution in [3.05, 3.63) is 29.8 Å². The van der Waals surface area contributed by atoms with Crippen molar-refractivity contribution in [1.82, 2.24) is 0 Å². The minimum Gasteiger partial charge on any atom is -0.464 e. The van der Waals surface area contributed by atoms with Gasteiger partial charge in [0.2, 0.25) is 0 Å². The Morgan fingerprint density at radius 3 is 2.63 bits per heavy atom. The molecule has 19 heavy (non-hydrogen) atoms. The quantitative estimate of drug-likeness (QED) is 0.776. The fraction of sp³-hybridized carbons (Fsp3) is 0.500. The summed E-state index contributed by atoms with van der Waals surface area (Å²) in [4.78, 5) is 12.3. The highest BCUT2D eigenvalue weighted by molar-refractivity contribution is 7.93. The number of rotatable bonds is 2. The molecule has 1 aliphatic carbocycles. The molecule has 3 rings (SSSR count). The van der Waals surface area contributed by atoms with E-state index in [-0.39, 0.29) is 17.4 Å². The van der Waals surface area contributed by atoms with Crippen LogP contribution in [0.25, 0.3) is 0 Å². The molecule has 0 bridgehead atoms. The largest absolute Gasteiger partial charge is 0.464 e. The summed E-state index contributed by atoms with van der Waals surface area (Å²) in [5, 5.41) is 0. The van der Waals surface area contributed by atoms with E-state index in [4.69, 9.17) is 4.74 Å². The third kappa shape index (κ3) is 1.57. The molecule has 1 aromatic carbocycles. The highest BCUT2D eigenvalue weighted by Gasteiger charge is 2.63. The maximum atomic E-state index is 12.9. The second-order valence-corrected chi connectivity index (χ2v) is 7.60. The fourth-order valence-electron chi connectivity index (χ4n) is 3.22. The third-order valence-corrected chi connectivity index (χ3v) is 6.89. The van der Waals surface area contributed by atoms with Gasteiger partial charge in [-0.2, -0.15) is 0 Å². The number of esters is 1. The Labute approximate surface area is 112 Å². The van der Waals surface area contributed by atoms with Crippen molar-refractivity contribution < 1.29 is 17.9 Å². The predicted octanol–water partition coefficient (Wildman–Crippen LogP) is 1.86. The molecule has 0 radical (unpaired) electrons. The van der Waals surface area contributed by atoms with E-state index in [1.54, 1.807) is 24.3 Å². The van der Waals surface area contributed by atoms with E-state index in [1.165, 1.54) is 0 Å². The summed E-state index contributed by atoms with van der Waals surface area (Å²) >= 11 is 0. The number of carbonyl (C=O) groups excluding carboxylic acids is 1. The Morgan fingerprint density at radius 2 is 1.95 bits per heavy atom. The molecule has 0 aromatic heterocycles. The van der Waals surface area contributed by atoms with Crippen molar-refractivity contribution in [2.75, 3.05) is 6.61 Å². The lowest BCUT2D eigenvalue weighted by molar-refractivity contribution is -0.140. The van der Waals surface area contributed by atoms with Crippen molar-refractivity contribution in [1.29, 1.82) is 0 Å². The van der Waals surface area contributed by atoms with Gasteiger partial charge in [0, 0.05) is 5.92 Å². The minimum atomic E-state index is -3.68. The minimum absolute atomic E-state index is 0.189. The molecule has 1 aromatic rings. The molecule has 1 saturated heterocycles. The van der Waals surface area contributed by atoms with Gasteiger partial charge in [-0.1, -0.05) is 24.1 Å². The molecule has 0 amide bonds. The summed E-state index contributed by atoms with van der Waals surface area (Å²) in [7, 11) is -3.68. The highest BCUT2D eigenvalue weighted by Crippen LogP contribution is 2.49. The molecule has 1 heterocycles. The Bertz CT molecular complexity index is 617. The van der Waals surface area contributed by atoms with Gasteiger partial charge >= 0.3 is 5.97 Å². The lowest BCUT2D eigenvalue weighted by Crippen LogP contribution is -2.45. The van der Waals surface area contributed by atoms with Crippen LogP contribution in [-0.2, 0) is 19.4 Å². The first-order chi connectivity index (χ1) is 8.98. The van der Waals surface area contributed by atoms with Gasteiger partial charge in [0.15, 0.2) is 14.6 Å². The van der Waals surface area contributed by atoms with Crippen LogP contribution in [0.5, 0.6) is 0 Å². The summed E-state index contributed by atoms with van der Waals surface area (Å²) in [6.07, 6.45) is 1.90. The summed E-state index contributed by atoms with van der Waals surface area (Å²) in [6.45, 7) is 2.14. The van der Waals surface area contributed by atoms with E-state index in [2.05, 4.69) is 0 Å². The predicted molar refractivity (Wildman–Crippen MR) is 69.4 cm³/mol. The summed E-state index contributed by atoms with van der Waals surface area (Å²) in [6, 6.07) is 6.68. The molecule has 1 saturated carbocycles. The Hall–Kier alpha value is -1.36. The lowest BCUT2D eigenvalue weighted by atomic mass is 9.99. The van der Waals surface area contributed by atoms with Crippen molar-refractivity contribution in [3.8, 4) is 0 Å². The molecule has 2 aliphatic rings.